The number of aromatic nitrogens is 1. The Morgan fingerprint density at radius 3 is 2.75 bits per heavy atom. The highest BCUT2D eigenvalue weighted by Gasteiger charge is 2.13. The van der Waals surface area contributed by atoms with Crippen molar-refractivity contribution in [2.75, 3.05) is 13.7 Å². The summed E-state index contributed by atoms with van der Waals surface area (Å²) in [6.45, 7) is 7.02. The zero-order valence-corrected chi connectivity index (χ0v) is 12.6. The maximum Gasteiger partial charge on any atom is 0.242 e. The lowest BCUT2D eigenvalue weighted by atomic mass is 10.2. The summed E-state index contributed by atoms with van der Waals surface area (Å²) in [5.74, 6) is 0.981. The van der Waals surface area contributed by atoms with Gasteiger partial charge in [-0.15, -0.1) is 0 Å². The number of carbonyl (C=O) groups excluding carboxylic acids is 1. The molecule has 0 aliphatic carbocycles. The van der Waals surface area contributed by atoms with Crippen LogP contribution in [0.1, 0.15) is 20.8 Å². The molecular weight excluding hydrogens is 252 g/mol. The molecule has 0 radical (unpaired) electrons. The second kappa shape index (κ2) is 5.99. The predicted octanol–water partition coefficient (Wildman–Crippen LogP) is 2.91. The maximum absolute atomic E-state index is 12.1. The van der Waals surface area contributed by atoms with Gasteiger partial charge in [0.15, 0.2) is 0 Å². The molecule has 0 atom stereocenters. The second-order valence-corrected chi connectivity index (χ2v) is 5.20. The Bertz CT molecular complexity index is 602. The zero-order valence-electron chi connectivity index (χ0n) is 12.6. The fraction of sp³-hybridized carbons (Fsp3) is 0.438. The average molecular weight is 274 g/mol. The molecule has 0 fully saturated rings. The van der Waals surface area contributed by atoms with Crippen LogP contribution in [0.3, 0.4) is 0 Å². The van der Waals surface area contributed by atoms with Crippen molar-refractivity contribution in [3.63, 3.8) is 0 Å². The van der Waals surface area contributed by atoms with Crippen LogP contribution >= 0.6 is 0 Å². The average Bonchev–Trinajstić information content (AvgIpc) is 2.80. The third kappa shape index (κ3) is 2.95. The summed E-state index contributed by atoms with van der Waals surface area (Å²) >= 11 is 0. The molecular formula is C16H22N2O2. The van der Waals surface area contributed by atoms with Gasteiger partial charge in [0.05, 0.1) is 6.61 Å². The lowest BCUT2D eigenvalue weighted by Gasteiger charge is -2.21. The molecule has 0 aliphatic heterocycles. The predicted molar refractivity (Wildman–Crippen MR) is 81.0 cm³/mol. The van der Waals surface area contributed by atoms with Gasteiger partial charge < -0.3 is 14.2 Å². The first-order valence-corrected chi connectivity index (χ1v) is 7.00. The standard InChI is InChI=1S/C16H22N2O2/c1-5-20-14-6-7-15-13(10-14)8-9-18(15)11-16(19)17(4)12(2)3/h6-10,12H,5,11H2,1-4H3. The number of amides is 1. The van der Waals surface area contributed by atoms with Crippen molar-refractivity contribution in [2.45, 2.75) is 33.4 Å². The Hall–Kier alpha value is -1.97. The molecule has 4 nitrogen and oxygen atoms in total. The van der Waals surface area contributed by atoms with E-state index in [1.807, 2.05) is 62.8 Å². The Morgan fingerprint density at radius 1 is 1.35 bits per heavy atom. The molecule has 0 saturated heterocycles. The normalized spacial score (nSPS) is 11.1. The van der Waals surface area contributed by atoms with E-state index >= 15 is 0 Å². The van der Waals surface area contributed by atoms with Gasteiger partial charge in [-0.25, -0.2) is 0 Å². The van der Waals surface area contributed by atoms with E-state index in [0.717, 1.165) is 16.7 Å². The van der Waals surface area contributed by atoms with E-state index in [1.54, 1.807) is 4.90 Å². The number of rotatable bonds is 5. The number of carbonyl (C=O) groups is 1. The quantitative estimate of drug-likeness (QED) is 0.840. The van der Waals surface area contributed by atoms with Gasteiger partial charge in [0.1, 0.15) is 12.3 Å². The molecule has 1 aromatic heterocycles. The molecule has 4 heteroatoms. The van der Waals surface area contributed by atoms with Crippen LogP contribution in [0.4, 0.5) is 0 Å². The summed E-state index contributed by atoms with van der Waals surface area (Å²) in [6.07, 6.45) is 1.95. The van der Waals surface area contributed by atoms with Crippen LogP contribution in [-0.4, -0.2) is 35.1 Å². The molecule has 1 amide bonds. The van der Waals surface area contributed by atoms with Gasteiger partial charge in [-0.05, 0) is 45.0 Å². The molecule has 1 heterocycles. The summed E-state index contributed by atoms with van der Waals surface area (Å²) in [5.41, 5.74) is 1.05. The monoisotopic (exact) mass is 274 g/mol. The van der Waals surface area contributed by atoms with Gasteiger partial charge in [0.2, 0.25) is 5.91 Å². The fourth-order valence-electron chi connectivity index (χ4n) is 2.12. The highest BCUT2D eigenvalue weighted by molar-refractivity contribution is 5.84. The Morgan fingerprint density at radius 2 is 2.10 bits per heavy atom. The van der Waals surface area contributed by atoms with Crippen molar-refractivity contribution in [2.24, 2.45) is 0 Å². The third-order valence-corrected chi connectivity index (χ3v) is 3.53. The van der Waals surface area contributed by atoms with Crippen LogP contribution in [0.25, 0.3) is 10.9 Å². The number of fused-ring (bicyclic) bond motifs is 1. The van der Waals surface area contributed by atoms with E-state index in [4.69, 9.17) is 4.74 Å². The number of hydrogen-bond donors (Lipinski definition) is 0. The molecule has 0 unspecified atom stereocenters. The van der Waals surface area contributed by atoms with Crippen LogP contribution in [0.5, 0.6) is 5.75 Å². The van der Waals surface area contributed by atoms with Crippen molar-refractivity contribution in [1.29, 1.82) is 0 Å². The molecule has 0 N–H and O–H groups in total. The molecule has 2 rings (SSSR count). The first-order valence-electron chi connectivity index (χ1n) is 7.00. The topological polar surface area (TPSA) is 34.5 Å². The maximum atomic E-state index is 12.1. The van der Waals surface area contributed by atoms with Crippen LogP contribution in [-0.2, 0) is 11.3 Å². The van der Waals surface area contributed by atoms with Crippen molar-refractivity contribution >= 4 is 16.8 Å². The molecule has 0 aliphatic rings. The number of nitrogens with zero attached hydrogens (tertiary/aromatic N) is 2. The van der Waals surface area contributed by atoms with Crippen LogP contribution in [0, 0.1) is 0 Å². The zero-order chi connectivity index (χ0) is 14.7. The smallest absolute Gasteiger partial charge is 0.242 e. The first-order chi connectivity index (χ1) is 9.52. The summed E-state index contributed by atoms with van der Waals surface area (Å²) in [4.78, 5) is 13.9. The van der Waals surface area contributed by atoms with Crippen molar-refractivity contribution in [3.8, 4) is 5.75 Å². The van der Waals surface area contributed by atoms with E-state index < -0.39 is 0 Å². The third-order valence-electron chi connectivity index (χ3n) is 3.53. The SMILES string of the molecule is CCOc1ccc2c(ccn2CC(=O)N(C)C(C)C)c1. The molecule has 1 aromatic carbocycles. The number of hydrogen-bond acceptors (Lipinski definition) is 2. The molecule has 108 valence electrons. The largest absolute Gasteiger partial charge is 0.494 e. The minimum absolute atomic E-state index is 0.117. The first kappa shape index (κ1) is 14.4. The van der Waals surface area contributed by atoms with Gasteiger partial charge in [-0.3, -0.25) is 4.79 Å². The minimum Gasteiger partial charge on any atom is -0.494 e. The highest BCUT2D eigenvalue weighted by atomic mass is 16.5. The summed E-state index contributed by atoms with van der Waals surface area (Å²) in [6, 6.07) is 8.18. The molecule has 0 spiro atoms. The molecule has 20 heavy (non-hydrogen) atoms. The van der Waals surface area contributed by atoms with Crippen LogP contribution in [0.15, 0.2) is 30.5 Å². The van der Waals surface area contributed by atoms with Crippen molar-refractivity contribution in [1.82, 2.24) is 9.47 Å². The Kier molecular flexibility index (Phi) is 4.32. The van der Waals surface area contributed by atoms with E-state index in [2.05, 4.69) is 0 Å². The van der Waals surface area contributed by atoms with Gasteiger partial charge in [-0.2, -0.15) is 0 Å². The number of benzene rings is 1. The summed E-state index contributed by atoms with van der Waals surface area (Å²) in [5, 5.41) is 1.09. The summed E-state index contributed by atoms with van der Waals surface area (Å²) in [7, 11) is 1.84. The van der Waals surface area contributed by atoms with Gasteiger partial charge in [0, 0.05) is 30.2 Å². The van der Waals surface area contributed by atoms with E-state index in [0.29, 0.717) is 13.2 Å². The van der Waals surface area contributed by atoms with E-state index in [1.165, 1.54) is 0 Å². The lowest BCUT2D eigenvalue weighted by Crippen LogP contribution is -2.35. The van der Waals surface area contributed by atoms with Crippen LogP contribution < -0.4 is 4.74 Å². The van der Waals surface area contributed by atoms with Gasteiger partial charge in [-0.1, -0.05) is 0 Å². The van der Waals surface area contributed by atoms with E-state index in [9.17, 15) is 4.79 Å². The second-order valence-electron chi connectivity index (χ2n) is 5.20. The highest BCUT2D eigenvalue weighted by Crippen LogP contribution is 2.22. The van der Waals surface area contributed by atoms with Crippen molar-refractivity contribution < 1.29 is 9.53 Å². The van der Waals surface area contributed by atoms with Crippen LogP contribution in [0.2, 0.25) is 0 Å². The Labute approximate surface area is 119 Å². The van der Waals surface area contributed by atoms with Crippen molar-refractivity contribution in [3.05, 3.63) is 30.5 Å². The number of likely N-dealkylation sites (N-methyl/N-ethyl adjacent to an activating group) is 1. The lowest BCUT2D eigenvalue weighted by molar-refractivity contribution is -0.131. The fourth-order valence-corrected chi connectivity index (χ4v) is 2.12. The molecule has 0 bridgehead atoms. The summed E-state index contributed by atoms with van der Waals surface area (Å²) < 4.78 is 7.47. The molecule has 0 saturated carbocycles. The van der Waals surface area contributed by atoms with E-state index in [-0.39, 0.29) is 11.9 Å². The molecule has 2 aromatic rings. The Balaban J connectivity index is 2.21. The minimum atomic E-state index is 0.117. The number of ether oxygens (including phenoxy) is 1. The van der Waals surface area contributed by atoms with Gasteiger partial charge in [0.25, 0.3) is 0 Å². The van der Waals surface area contributed by atoms with Gasteiger partial charge >= 0.3 is 0 Å².